The Labute approximate surface area is 120 Å². The van der Waals surface area contributed by atoms with Crippen LogP contribution in [0.3, 0.4) is 0 Å². The van der Waals surface area contributed by atoms with Crippen molar-refractivity contribution in [1.82, 2.24) is 10.3 Å². The zero-order chi connectivity index (χ0) is 12.4. The van der Waals surface area contributed by atoms with Gasteiger partial charge in [-0.2, -0.15) is 0 Å². The third-order valence-corrected chi connectivity index (χ3v) is 5.03. The van der Waals surface area contributed by atoms with Crippen LogP contribution in [0.2, 0.25) is 0 Å². The molecular weight excluding hydrogens is 308 g/mol. The Hall–Kier alpha value is -0.710. The standard InChI is InChI=1S/C14H15BrN2S/c15-11-3-1-10(2-4-11)13-7-16-6-5-12(13)14-8-17-9-18-14/h1-4,8-9,12-13,16H,5-7H2. The van der Waals surface area contributed by atoms with Gasteiger partial charge >= 0.3 is 0 Å². The molecule has 2 nitrogen and oxygen atoms in total. The average Bonchev–Trinajstić information content (AvgIpc) is 2.93. The highest BCUT2D eigenvalue weighted by Gasteiger charge is 2.28. The Balaban J connectivity index is 1.90. The van der Waals surface area contributed by atoms with Crippen molar-refractivity contribution in [1.29, 1.82) is 0 Å². The van der Waals surface area contributed by atoms with Crippen molar-refractivity contribution in [3.05, 3.63) is 50.9 Å². The monoisotopic (exact) mass is 322 g/mol. The molecule has 1 fully saturated rings. The molecule has 18 heavy (non-hydrogen) atoms. The molecule has 2 unspecified atom stereocenters. The van der Waals surface area contributed by atoms with Gasteiger partial charge in [-0.3, -0.25) is 4.98 Å². The van der Waals surface area contributed by atoms with Crippen molar-refractivity contribution >= 4 is 27.3 Å². The molecule has 0 bridgehead atoms. The smallest absolute Gasteiger partial charge is 0.0794 e. The lowest BCUT2D eigenvalue weighted by molar-refractivity contribution is 0.408. The number of nitrogens with zero attached hydrogens (tertiary/aromatic N) is 1. The first-order valence-corrected chi connectivity index (χ1v) is 7.86. The number of benzene rings is 1. The first-order chi connectivity index (χ1) is 8.84. The van der Waals surface area contributed by atoms with Crippen LogP contribution in [-0.2, 0) is 0 Å². The van der Waals surface area contributed by atoms with Gasteiger partial charge in [0.25, 0.3) is 0 Å². The normalized spacial score (nSPS) is 24.1. The van der Waals surface area contributed by atoms with Crippen LogP contribution in [0.1, 0.15) is 28.7 Å². The second-order valence-electron chi connectivity index (χ2n) is 4.66. The van der Waals surface area contributed by atoms with Gasteiger partial charge in [0.15, 0.2) is 0 Å². The zero-order valence-electron chi connectivity index (χ0n) is 9.97. The largest absolute Gasteiger partial charge is 0.316 e. The summed E-state index contributed by atoms with van der Waals surface area (Å²) in [7, 11) is 0. The molecule has 1 aromatic carbocycles. The van der Waals surface area contributed by atoms with Crippen molar-refractivity contribution < 1.29 is 0 Å². The maximum atomic E-state index is 4.23. The molecule has 0 radical (unpaired) electrons. The van der Waals surface area contributed by atoms with Crippen molar-refractivity contribution in [3.8, 4) is 0 Å². The van der Waals surface area contributed by atoms with E-state index in [0.717, 1.165) is 17.6 Å². The Morgan fingerprint density at radius 1 is 1.22 bits per heavy atom. The summed E-state index contributed by atoms with van der Waals surface area (Å²) in [5.41, 5.74) is 3.36. The predicted molar refractivity (Wildman–Crippen MR) is 79.2 cm³/mol. The maximum absolute atomic E-state index is 4.23. The predicted octanol–water partition coefficient (Wildman–Crippen LogP) is 3.77. The van der Waals surface area contributed by atoms with Crippen molar-refractivity contribution in [2.75, 3.05) is 13.1 Å². The summed E-state index contributed by atoms with van der Waals surface area (Å²) in [5, 5.41) is 3.51. The number of hydrogen-bond donors (Lipinski definition) is 1. The van der Waals surface area contributed by atoms with Crippen LogP contribution in [0.5, 0.6) is 0 Å². The summed E-state index contributed by atoms with van der Waals surface area (Å²) >= 11 is 5.28. The lowest BCUT2D eigenvalue weighted by atomic mass is 9.81. The number of nitrogens with one attached hydrogen (secondary N) is 1. The van der Waals surface area contributed by atoms with Crippen molar-refractivity contribution in [2.24, 2.45) is 0 Å². The van der Waals surface area contributed by atoms with E-state index in [2.05, 4.69) is 50.5 Å². The Morgan fingerprint density at radius 2 is 2.06 bits per heavy atom. The number of hydrogen-bond acceptors (Lipinski definition) is 3. The summed E-state index contributed by atoms with van der Waals surface area (Å²) in [4.78, 5) is 5.65. The van der Waals surface area contributed by atoms with E-state index in [1.807, 2.05) is 11.7 Å². The number of piperidine rings is 1. The van der Waals surface area contributed by atoms with E-state index in [4.69, 9.17) is 0 Å². The molecule has 2 atom stereocenters. The van der Waals surface area contributed by atoms with Gasteiger partial charge in [-0.15, -0.1) is 11.3 Å². The van der Waals surface area contributed by atoms with Crippen LogP contribution in [0.25, 0.3) is 0 Å². The molecule has 0 amide bonds. The quantitative estimate of drug-likeness (QED) is 0.910. The minimum atomic E-state index is 0.562. The van der Waals surface area contributed by atoms with Gasteiger partial charge < -0.3 is 5.32 Å². The van der Waals surface area contributed by atoms with Crippen molar-refractivity contribution in [2.45, 2.75) is 18.3 Å². The molecule has 0 spiro atoms. The SMILES string of the molecule is Brc1ccc(C2CNCCC2c2cncs2)cc1. The van der Waals surface area contributed by atoms with Crippen LogP contribution < -0.4 is 5.32 Å². The minimum Gasteiger partial charge on any atom is -0.316 e. The first-order valence-electron chi connectivity index (χ1n) is 6.19. The molecular formula is C14H15BrN2S. The summed E-state index contributed by atoms with van der Waals surface area (Å²) in [5.74, 6) is 1.17. The van der Waals surface area contributed by atoms with Crippen LogP contribution in [-0.4, -0.2) is 18.1 Å². The van der Waals surface area contributed by atoms with Gasteiger partial charge in [0.1, 0.15) is 0 Å². The number of halogens is 1. The number of thiazole rings is 1. The Bertz CT molecular complexity index is 495. The second kappa shape index (κ2) is 5.51. The Kier molecular flexibility index (Phi) is 3.77. The fourth-order valence-corrected chi connectivity index (χ4v) is 3.75. The van der Waals surface area contributed by atoms with E-state index < -0.39 is 0 Å². The van der Waals surface area contributed by atoms with Gasteiger partial charge in [0.2, 0.25) is 0 Å². The Morgan fingerprint density at radius 3 is 2.78 bits per heavy atom. The van der Waals surface area contributed by atoms with E-state index in [1.165, 1.54) is 16.9 Å². The molecule has 4 heteroatoms. The fourth-order valence-electron chi connectivity index (χ4n) is 2.67. The van der Waals surface area contributed by atoms with E-state index in [1.54, 1.807) is 11.3 Å². The third kappa shape index (κ3) is 2.51. The number of rotatable bonds is 2. The highest BCUT2D eigenvalue weighted by Crippen LogP contribution is 2.38. The third-order valence-electron chi connectivity index (χ3n) is 3.60. The molecule has 1 saturated heterocycles. The van der Waals surface area contributed by atoms with Gasteiger partial charge in [0.05, 0.1) is 5.51 Å². The van der Waals surface area contributed by atoms with Crippen LogP contribution >= 0.6 is 27.3 Å². The van der Waals surface area contributed by atoms with Gasteiger partial charge in [-0.1, -0.05) is 28.1 Å². The summed E-state index contributed by atoms with van der Waals surface area (Å²) in [6.07, 6.45) is 3.23. The average molecular weight is 323 g/mol. The van der Waals surface area contributed by atoms with Gasteiger partial charge in [-0.05, 0) is 30.7 Å². The number of aromatic nitrogens is 1. The maximum Gasteiger partial charge on any atom is 0.0794 e. The molecule has 2 aromatic rings. The second-order valence-corrected chi connectivity index (χ2v) is 6.49. The molecule has 1 aliphatic heterocycles. The van der Waals surface area contributed by atoms with Gasteiger partial charge in [0, 0.05) is 33.9 Å². The zero-order valence-corrected chi connectivity index (χ0v) is 12.4. The van der Waals surface area contributed by atoms with Gasteiger partial charge in [-0.25, -0.2) is 0 Å². The van der Waals surface area contributed by atoms with E-state index in [9.17, 15) is 0 Å². The van der Waals surface area contributed by atoms with Crippen molar-refractivity contribution in [3.63, 3.8) is 0 Å². The molecule has 2 heterocycles. The summed E-state index contributed by atoms with van der Waals surface area (Å²) in [6.45, 7) is 2.17. The molecule has 94 valence electrons. The summed E-state index contributed by atoms with van der Waals surface area (Å²) in [6, 6.07) is 8.73. The summed E-state index contributed by atoms with van der Waals surface area (Å²) < 4.78 is 1.14. The lowest BCUT2D eigenvalue weighted by Crippen LogP contribution is -2.33. The fraction of sp³-hybridized carbons (Fsp3) is 0.357. The molecule has 1 aromatic heterocycles. The molecule has 0 aliphatic carbocycles. The topological polar surface area (TPSA) is 24.9 Å². The lowest BCUT2D eigenvalue weighted by Gasteiger charge is -2.31. The van der Waals surface area contributed by atoms with Crippen LogP contribution in [0.4, 0.5) is 0 Å². The van der Waals surface area contributed by atoms with Crippen LogP contribution in [0, 0.1) is 0 Å². The first kappa shape index (κ1) is 12.3. The van der Waals surface area contributed by atoms with Crippen LogP contribution in [0.15, 0.2) is 40.4 Å². The molecule has 1 N–H and O–H groups in total. The highest BCUT2D eigenvalue weighted by atomic mass is 79.9. The molecule has 3 rings (SSSR count). The highest BCUT2D eigenvalue weighted by molar-refractivity contribution is 9.10. The minimum absolute atomic E-state index is 0.562. The van der Waals surface area contributed by atoms with E-state index in [-0.39, 0.29) is 0 Å². The molecule has 0 saturated carbocycles. The van der Waals surface area contributed by atoms with E-state index >= 15 is 0 Å². The van der Waals surface area contributed by atoms with E-state index in [0.29, 0.717) is 11.8 Å². The molecule has 1 aliphatic rings.